The number of hydrogen-bond donors (Lipinski definition) is 1. The van der Waals surface area contributed by atoms with Gasteiger partial charge >= 0.3 is 0 Å². The molecular formula is C15H16ClN3O4S. The molecule has 1 N–H and O–H groups in total. The van der Waals surface area contributed by atoms with Crippen LogP contribution in [0, 0.1) is 0 Å². The zero-order valence-electron chi connectivity index (χ0n) is 12.7. The van der Waals surface area contributed by atoms with Gasteiger partial charge in [0.05, 0.1) is 29.4 Å². The van der Waals surface area contributed by atoms with Gasteiger partial charge in [0, 0.05) is 11.2 Å². The van der Waals surface area contributed by atoms with E-state index in [9.17, 15) is 13.2 Å². The number of sulfone groups is 1. The molecule has 24 heavy (non-hydrogen) atoms. The predicted octanol–water partition coefficient (Wildman–Crippen LogP) is 1.91. The summed E-state index contributed by atoms with van der Waals surface area (Å²) in [7, 11) is -2.98. The summed E-state index contributed by atoms with van der Waals surface area (Å²) in [6, 6.07) is 6.52. The Morgan fingerprint density at radius 1 is 1.38 bits per heavy atom. The lowest BCUT2D eigenvalue weighted by atomic mass is 10.3. The quantitative estimate of drug-likeness (QED) is 0.869. The lowest BCUT2D eigenvalue weighted by molar-refractivity contribution is -0.118. The Bertz CT molecular complexity index is 833. The second-order valence-corrected chi connectivity index (χ2v) is 8.22. The molecule has 1 amide bonds. The normalized spacial score (nSPS) is 19.1. The molecule has 0 saturated carbocycles. The van der Waals surface area contributed by atoms with Crippen LogP contribution in [0.25, 0.3) is 0 Å². The first-order valence-electron chi connectivity index (χ1n) is 7.34. The van der Waals surface area contributed by atoms with Gasteiger partial charge in [0.1, 0.15) is 5.75 Å². The van der Waals surface area contributed by atoms with E-state index in [-0.39, 0.29) is 30.1 Å². The Morgan fingerprint density at radius 3 is 2.79 bits per heavy atom. The summed E-state index contributed by atoms with van der Waals surface area (Å²) in [4.78, 5) is 11.9. The Morgan fingerprint density at radius 2 is 2.12 bits per heavy atom. The molecule has 1 unspecified atom stereocenters. The van der Waals surface area contributed by atoms with Crippen LogP contribution >= 0.6 is 11.6 Å². The third-order valence-electron chi connectivity index (χ3n) is 3.65. The summed E-state index contributed by atoms with van der Waals surface area (Å²) in [5.41, 5.74) is 0.504. The molecule has 1 aliphatic heterocycles. The molecule has 1 atom stereocenters. The van der Waals surface area contributed by atoms with Crippen molar-refractivity contribution in [2.75, 3.05) is 23.4 Å². The van der Waals surface area contributed by atoms with E-state index in [0.29, 0.717) is 22.9 Å². The van der Waals surface area contributed by atoms with Gasteiger partial charge in [0.2, 0.25) is 0 Å². The lowest BCUT2D eigenvalue weighted by Crippen LogP contribution is -2.20. The van der Waals surface area contributed by atoms with E-state index < -0.39 is 9.84 Å². The summed E-state index contributed by atoms with van der Waals surface area (Å²) < 4.78 is 29.9. The molecular weight excluding hydrogens is 354 g/mol. The second-order valence-electron chi connectivity index (χ2n) is 5.56. The minimum Gasteiger partial charge on any atom is -0.484 e. The summed E-state index contributed by atoms with van der Waals surface area (Å²) in [5.74, 6) is 0.473. The van der Waals surface area contributed by atoms with Gasteiger partial charge in [-0.3, -0.25) is 9.48 Å². The van der Waals surface area contributed by atoms with Crippen molar-refractivity contribution in [2.24, 2.45) is 0 Å². The van der Waals surface area contributed by atoms with E-state index in [1.165, 1.54) is 6.20 Å². The number of carbonyl (C=O) groups excluding carboxylic acids is 1. The van der Waals surface area contributed by atoms with Gasteiger partial charge in [-0.1, -0.05) is 11.6 Å². The van der Waals surface area contributed by atoms with E-state index in [1.807, 2.05) is 0 Å². The van der Waals surface area contributed by atoms with Crippen LogP contribution in [-0.4, -0.2) is 42.2 Å². The summed E-state index contributed by atoms with van der Waals surface area (Å²) in [6.07, 6.45) is 3.66. The van der Waals surface area contributed by atoms with Crippen molar-refractivity contribution in [1.82, 2.24) is 9.78 Å². The van der Waals surface area contributed by atoms with E-state index in [2.05, 4.69) is 10.4 Å². The third-order valence-corrected chi connectivity index (χ3v) is 5.65. The molecule has 1 aromatic heterocycles. The SMILES string of the molecule is O=C(COc1ccc(Cl)cc1)Nc1cnn(C2CCS(=O)(=O)C2)c1. The van der Waals surface area contributed by atoms with E-state index in [1.54, 1.807) is 35.1 Å². The number of anilines is 1. The van der Waals surface area contributed by atoms with E-state index in [4.69, 9.17) is 16.3 Å². The molecule has 1 fully saturated rings. The number of halogens is 1. The highest BCUT2D eigenvalue weighted by atomic mass is 35.5. The Hall–Kier alpha value is -2.06. The zero-order valence-corrected chi connectivity index (χ0v) is 14.3. The fourth-order valence-corrected chi connectivity index (χ4v) is 4.29. The molecule has 9 heteroatoms. The van der Waals surface area contributed by atoms with Gasteiger partial charge in [-0.25, -0.2) is 8.42 Å². The number of nitrogens with zero attached hydrogens (tertiary/aromatic N) is 2. The standard InChI is InChI=1S/C15H16ClN3O4S/c16-11-1-3-14(4-2-11)23-9-15(20)18-12-7-17-19(8-12)13-5-6-24(21,22)10-13/h1-4,7-8,13H,5-6,9-10H2,(H,18,20). The number of amides is 1. The van der Waals surface area contributed by atoms with Crippen molar-refractivity contribution in [3.63, 3.8) is 0 Å². The summed E-state index contributed by atoms with van der Waals surface area (Å²) in [6.45, 7) is -0.148. The van der Waals surface area contributed by atoms with Crippen LogP contribution in [0.5, 0.6) is 5.75 Å². The molecule has 0 radical (unpaired) electrons. The molecule has 7 nitrogen and oxygen atoms in total. The Kier molecular flexibility index (Phi) is 4.77. The van der Waals surface area contributed by atoms with Crippen molar-refractivity contribution >= 4 is 33.0 Å². The van der Waals surface area contributed by atoms with Crippen molar-refractivity contribution in [1.29, 1.82) is 0 Å². The smallest absolute Gasteiger partial charge is 0.262 e. The highest BCUT2D eigenvalue weighted by molar-refractivity contribution is 7.91. The number of rotatable bonds is 5. The highest BCUT2D eigenvalue weighted by Gasteiger charge is 2.29. The van der Waals surface area contributed by atoms with Crippen molar-refractivity contribution in [3.05, 3.63) is 41.7 Å². The second kappa shape index (κ2) is 6.82. The van der Waals surface area contributed by atoms with Crippen LogP contribution in [0.4, 0.5) is 5.69 Å². The zero-order chi connectivity index (χ0) is 17.2. The average molecular weight is 370 g/mol. The minimum atomic E-state index is -2.98. The van der Waals surface area contributed by atoms with Gasteiger partial charge in [-0.15, -0.1) is 0 Å². The monoisotopic (exact) mass is 369 g/mol. The van der Waals surface area contributed by atoms with Crippen LogP contribution < -0.4 is 10.1 Å². The molecule has 3 rings (SSSR count). The van der Waals surface area contributed by atoms with E-state index in [0.717, 1.165) is 0 Å². The van der Waals surface area contributed by atoms with Gasteiger partial charge < -0.3 is 10.1 Å². The number of nitrogens with one attached hydrogen (secondary N) is 1. The number of ether oxygens (including phenoxy) is 1. The van der Waals surface area contributed by atoms with Crippen LogP contribution in [0.15, 0.2) is 36.7 Å². The maximum absolute atomic E-state index is 11.9. The first-order valence-corrected chi connectivity index (χ1v) is 9.54. The number of aromatic nitrogens is 2. The summed E-state index contributed by atoms with van der Waals surface area (Å²) >= 11 is 5.77. The first kappa shape index (κ1) is 16.8. The lowest BCUT2D eigenvalue weighted by Gasteiger charge is -2.08. The predicted molar refractivity (Wildman–Crippen MR) is 90.1 cm³/mol. The topological polar surface area (TPSA) is 90.3 Å². The van der Waals surface area contributed by atoms with Gasteiger partial charge in [-0.05, 0) is 30.7 Å². The van der Waals surface area contributed by atoms with Crippen LogP contribution in [0.2, 0.25) is 5.02 Å². The number of hydrogen-bond acceptors (Lipinski definition) is 5. The van der Waals surface area contributed by atoms with Crippen molar-refractivity contribution in [3.8, 4) is 5.75 Å². The maximum atomic E-state index is 11.9. The Balaban J connectivity index is 1.53. The van der Waals surface area contributed by atoms with Crippen molar-refractivity contribution in [2.45, 2.75) is 12.5 Å². The van der Waals surface area contributed by atoms with Gasteiger partial charge in [0.25, 0.3) is 5.91 Å². The molecule has 0 bridgehead atoms. The van der Waals surface area contributed by atoms with E-state index >= 15 is 0 Å². The maximum Gasteiger partial charge on any atom is 0.262 e. The Labute approximate surface area is 144 Å². The minimum absolute atomic E-state index is 0.0851. The number of carbonyl (C=O) groups is 1. The highest BCUT2D eigenvalue weighted by Crippen LogP contribution is 2.24. The largest absolute Gasteiger partial charge is 0.484 e. The summed E-state index contributed by atoms with van der Waals surface area (Å²) in [5, 5.41) is 7.38. The van der Waals surface area contributed by atoms with Crippen LogP contribution in [0.1, 0.15) is 12.5 Å². The molecule has 128 valence electrons. The molecule has 2 heterocycles. The fraction of sp³-hybridized carbons (Fsp3) is 0.333. The third kappa shape index (κ3) is 4.27. The molecule has 1 aliphatic rings. The van der Waals surface area contributed by atoms with Crippen LogP contribution in [0.3, 0.4) is 0 Å². The fourth-order valence-electron chi connectivity index (χ4n) is 2.46. The molecule has 0 spiro atoms. The van der Waals surface area contributed by atoms with Gasteiger partial charge in [-0.2, -0.15) is 5.10 Å². The molecule has 1 aromatic carbocycles. The molecule has 1 saturated heterocycles. The van der Waals surface area contributed by atoms with Gasteiger partial charge in [0.15, 0.2) is 16.4 Å². The molecule has 0 aliphatic carbocycles. The number of benzene rings is 1. The van der Waals surface area contributed by atoms with Crippen LogP contribution in [-0.2, 0) is 14.6 Å². The first-order chi connectivity index (χ1) is 11.4. The average Bonchev–Trinajstić information content (AvgIpc) is 3.13. The van der Waals surface area contributed by atoms with Crippen molar-refractivity contribution < 1.29 is 17.9 Å². The molecule has 2 aromatic rings.